The number of aryl methyl sites for hydroxylation is 2. The minimum atomic E-state index is -0.267. The Kier molecular flexibility index (Phi) is 4.66. The number of carbonyl (C=O) groups is 1. The van der Waals surface area contributed by atoms with Crippen molar-refractivity contribution in [3.05, 3.63) is 64.2 Å². The largest absolute Gasteiger partial charge is 0.324 e. The predicted octanol–water partition coefficient (Wildman–Crippen LogP) is 3.50. The van der Waals surface area contributed by atoms with Crippen molar-refractivity contribution in [3.8, 4) is 0 Å². The number of benzene rings is 2. The van der Waals surface area contributed by atoms with E-state index in [1.807, 2.05) is 19.1 Å². The predicted molar refractivity (Wildman–Crippen MR) is 93.4 cm³/mol. The monoisotopic (exact) mass is 329 g/mol. The molecule has 1 saturated heterocycles. The third-order valence-corrected chi connectivity index (χ3v) is 4.38. The van der Waals surface area contributed by atoms with Gasteiger partial charge in [0, 0.05) is 16.8 Å². The maximum absolute atomic E-state index is 12.4. The molecule has 0 bridgehead atoms. The summed E-state index contributed by atoms with van der Waals surface area (Å²) in [6.45, 7) is 3.99. The minimum Gasteiger partial charge on any atom is -0.324 e. The van der Waals surface area contributed by atoms with Crippen LogP contribution in [-0.4, -0.2) is 11.9 Å². The lowest BCUT2D eigenvalue weighted by atomic mass is 10.0. The van der Waals surface area contributed by atoms with E-state index in [1.54, 1.807) is 6.07 Å². The van der Waals surface area contributed by atoms with Crippen LogP contribution < -0.4 is 16.2 Å². The summed E-state index contributed by atoms with van der Waals surface area (Å²) in [7, 11) is 0. The zero-order valence-electron chi connectivity index (χ0n) is 13.2. The van der Waals surface area contributed by atoms with E-state index in [9.17, 15) is 4.79 Å². The fourth-order valence-corrected chi connectivity index (χ4v) is 2.96. The molecule has 23 heavy (non-hydrogen) atoms. The Morgan fingerprint density at radius 2 is 1.87 bits per heavy atom. The summed E-state index contributed by atoms with van der Waals surface area (Å²) in [6, 6.07) is 13.7. The molecule has 1 aliphatic rings. The fourth-order valence-electron chi connectivity index (χ4n) is 2.73. The van der Waals surface area contributed by atoms with Gasteiger partial charge in [-0.25, -0.2) is 10.9 Å². The van der Waals surface area contributed by atoms with Crippen LogP contribution in [0.25, 0.3) is 0 Å². The molecule has 1 fully saturated rings. The molecule has 2 aromatic rings. The van der Waals surface area contributed by atoms with Crippen LogP contribution in [0.1, 0.15) is 29.2 Å². The van der Waals surface area contributed by atoms with Crippen molar-refractivity contribution >= 4 is 23.2 Å². The van der Waals surface area contributed by atoms with Crippen LogP contribution in [0.2, 0.25) is 5.02 Å². The summed E-state index contributed by atoms with van der Waals surface area (Å²) in [6.07, 6.45) is 0.710. The third kappa shape index (κ3) is 3.72. The van der Waals surface area contributed by atoms with Crippen LogP contribution in [0.4, 0.5) is 5.69 Å². The Labute approximate surface area is 141 Å². The quantitative estimate of drug-likeness (QED) is 0.807. The number of carbonyl (C=O) groups excluding carboxylic acids is 1. The van der Waals surface area contributed by atoms with Crippen molar-refractivity contribution < 1.29 is 4.79 Å². The fraction of sp³-hybridized carbons (Fsp3) is 0.278. The van der Waals surface area contributed by atoms with E-state index >= 15 is 0 Å². The van der Waals surface area contributed by atoms with Gasteiger partial charge >= 0.3 is 0 Å². The molecule has 0 radical (unpaired) electrons. The van der Waals surface area contributed by atoms with E-state index in [-0.39, 0.29) is 18.0 Å². The average Bonchev–Trinajstić information content (AvgIpc) is 3.01. The van der Waals surface area contributed by atoms with Gasteiger partial charge in [0.25, 0.3) is 0 Å². The Hall–Kier alpha value is -1.88. The van der Waals surface area contributed by atoms with Crippen LogP contribution in [0, 0.1) is 13.8 Å². The molecule has 1 heterocycles. The van der Waals surface area contributed by atoms with Gasteiger partial charge in [-0.2, -0.15) is 0 Å². The molecule has 2 aromatic carbocycles. The van der Waals surface area contributed by atoms with Crippen LogP contribution in [0.3, 0.4) is 0 Å². The van der Waals surface area contributed by atoms with Gasteiger partial charge in [-0.3, -0.25) is 4.79 Å². The number of amides is 1. The number of hydrazine groups is 1. The van der Waals surface area contributed by atoms with Gasteiger partial charge in [0.05, 0.1) is 0 Å². The second-order valence-corrected chi connectivity index (χ2v) is 6.43. The van der Waals surface area contributed by atoms with E-state index in [2.05, 4.69) is 47.4 Å². The second kappa shape index (κ2) is 6.71. The second-order valence-electron chi connectivity index (χ2n) is 5.99. The molecule has 120 valence electrons. The maximum atomic E-state index is 12.4. The lowest BCUT2D eigenvalue weighted by Gasteiger charge is -2.13. The number of anilines is 1. The number of hydrogen-bond donors (Lipinski definition) is 3. The highest BCUT2D eigenvalue weighted by Gasteiger charge is 2.30. The molecule has 1 aliphatic heterocycles. The van der Waals surface area contributed by atoms with Gasteiger partial charge in [-0.05, 0) is 49.6 Å². The molecule has 0 aromatic heterocycles. The van der Waals surface area contributed by atoms with Crippen LogP contribution in [-0.2, 0) is 4.79 Å². The smallest absolute Gasteiger partial charge is 0.242 e. The molecule has 2 unspecified atom stereocenters. The minimum absolute atomic E-state index is 0.0439. The molecule has 1 amide bonds. The first-order chi connectivity index (χ1) is 11.0. The molecule has 3 rings (SSSR count). The van der Waals surface area contributed by atoms with E-state index in [4.69, 9.17) is 11.6 Å². The first-order valence-electron chi connectivity index (χ1n) is 7.67. The van der Waals surface area contributed by atoms with Gasteiger partial charge in [0.1, 0.15) is 6.04 Å². The summed E-state index contributed by atoms with van der Waals surface area (Å²) in [5.74, 6) is -0.0439. The van der Waals surface area contributed by atoms with E-state index < -0.39 is 0 Å². The van der Waals surface area contributed by atoms with Crippen molar-refractivity contribution in [1.29, 1.82) is 0 Å². The molecule has 0 spiro atoms. The van der Waals surface area contributed by atoms with Crippen molar-refractivity contribution in [2.24, 2.45) is 0 Å². The molecule has 0 aliphatic carbocycles. The number of halogens is 1. The van der Waals surface area contributed by atoms with Gasteiger partial charge in [0.2, 0.25) is 5.91 Å². The van der Waals surface area contributed by atoms with E-state index in [1.165, 1.54) is 11.1 Å². The van der Waals surface area contributed by atoms with Gasteiger partial charge in [-0.1, -0.05) is 41.4 Å². The molecular weight excluding hydrogens is 310 g/mol. The molecule has 3 N–H and O–H groups in total. The topological polar surface area (TPSA) is 53.2 Å². The Bertz CT molecular complexity index is 715. The lowest BCUT2D eigenvalue weighted by molar-refractivity contribution is -0.117. The third-order valence-electron chi connectivity index (χ3n) is 4.15. The highest BCUT2D eigenvalue weighted by Crippen LogP contribution is 2.24. The molecule has 2 atom stereocenters. The zero-order valence-corrected chi connectivity index (χ0v) is 13.9. The standard InChI is InChI=1S/C18H20ClN3O/c1-11-3-5-13(6-4-11)16-10-17(22-21-16)18(23)20-15-8-7-14(19)9-12(15)2/h3-9,16-17,21-22H,10H2,1-2H3,(H,20,23). The highest BCUT2D eigenvalue weighted by molar-refractivity contribution is 6.30. The van der Waals surface area contributed by atoms with Crippen molar-refractivity contribution in [3.63, 3.8) is 0 Å². The van der Waals surface area contributed by atoms with Gasteiger partial charge in [-0.15, -0.1) is 0 Å². The SMILES string of the molecule is Cc1ccc(C2CC(C(=O)Nc3ccc(Cl)cc3C)NN2)cc1. The number of rotatable bonds is 3. The summed E-state index contributed by atoms with van der Waals surface area (Å²) in [4.78, 5) is 12.4. The molecular formula is C18H20ClN3O. The Morgan fingerprint density at radius 3 is 2.57 bits per heavy atom. The number of hydrogen-bond acceptors (Lipinski definition) is 3. The Balaban J connectivity index is 1.64. The van der Waals surface area contributed by atoms with Gasteiger partial charge < -0.3 is 5.32 Å². The van der Waals surface area contributed by atoms with Crippen molar-refractivity contribution in [2.75, 3.05) is 5.32 Å². The summed E-state index contributed by atoms with van der Waals surface area (Å²) in [5.41, 5.74) is 10.4. The normalized spacial score (nSPS) is 20.5. The lowest BCUT2D eigenvalue weighted by Crippen LogP contribution is -2.39. The maximum Gasteiger partial charge on any atom is 0.242 e. The summed E-state index contributed by atoms with van der Waals surface area (Å²) in [5, 5.41) is 3.63. The van der Waals surface area contributed by atoms with Gasteiger partial charge in [0.15, 0.2) is 0 Å². The van der Waals surface area contributed by atoms with E-state index in [0.717, 1.165) is 11.3 Å². The van der Waals surface area contributed by atoms with Crippen LogP contribution in [0.5, 0.6) is 0 Å². The first kappa shape index (κ1) is 16.0. The average molecular weight is 330 g/mol. The van der Waals surface area contributed by atoms with Crippen molar-refractivity contribution in [1.82, 2.24) is 10.9 Å². The van der Waals surface area contributed by atoms with Crippen LogP contribution in [0.15, 0.2) is 42.5 Å². The summed E-state index contributed by atoms with van der Waals surface area (Å²) < 4.78 is 0. The molecule has 0 saturated carbocycles. The van der Waals surface area contributed by atoms with Crippen LogP contribution >= 0.6 is 11.6 Å². The zero-order chi connectivity index (χ0) is 16.4. The Morgan fingerprint density at radius 1 is 1.13 bits per heavy atom. The highest BCUT2D eigenvalue weighted by atomic mass is 35.5. The van der Waals surface area contributed by atoms with E-state index in [0.29, 0.717) is 11.4 Å². The number of nitrogens with one attached hydrogen (secondary N) is 3. The molecule has 4 nitrogen and oxygen atoms in total. The van der Waals surface area contributed by atoms with Crippen molar-refractivity contribution in [2.45, 2.75) is 32.4 Å². The molecule has 5 heteroatoms. The summed E-state index contributed by atoms with van der Waals surface area (Å²) >= 11 is 5.94. The first-order valence-corrected chi connectivity index (χ1v) is 8.05.